The van der Waals surface area contributed by atoms with Crippen molar-refractivity contribution in [3.63, 3.8) is 0 Å². The van der Waals surface area contributed by atoms with Gasteiger partial charge in [0.25, 0.3) is 0 Å². The topological polar surface area (TPSA) is 48.0 Å². The van der Waals surface area contributed by atoms with Crippen molar-refractivity contribution in [3.8, 4) is 11.5 Å². The molecule has 6 heteroatoms. The molecule has 4 rings (SSSR count). The van der Waals surface area contributed by atoms with E-state index in [1.54, 1.807) is 14.2 Å². The minimum atomic E-state index is -0.723. The molecule has 2 aliphatic heterocycles. The second-order valence-electron chi connectivity index (χ2n) is 7.03. The molecule has 0 N–H and O–H groups in total. The number of nitrogens with zero attached hydrogens (tertiary/aromatic N) is 1. The van der Waals surface area contributed by atoms with Gasteiger partial charge in [0, 0.05) is 12.1 Å². The van der Waals surface area contributed by atoms with Gasteiger partial charge in [0.05, 0.1) is 27.4 Å². The van der Waals surface area contributed by atoms with E-state index in [0.29, 0.717) is 11.5 Å². The number of hydrogen-bond acceptors (Lipinski definition) is 5. The van der Waals surface area contributed by atoms with E-state index >= 15 is 0 Å². The number of allylic oxidation sites excluding steroid dienone is 1. The normalized spacial score (nSPS) is 26.4. The molecule has 138 valence electrons. The summed E-state index contributed by atoms with van der Waals surface area (Å²) >= 11 is 5.79. The summed E-state index contributed by atoms with van der Waals surface area (Å²) in [6.45, 7) is 0.794. The standard InChI is InChI=1S/C20H23NO4S/c1-23-15-10-12-7-9-21-17(13(12)11-16(15)24-2)20(19(22)25-3)8-5-4-6-14(20)18(21)26/h6,10-11,17H,4-5,7-9H2,1-3H3/t17-,20-/m1/s1. The van der Waals surface area contributed by atoms with Gasteiger partial charge in [-0.05, 0) is 48.9 Å². The van der Waals surface area contributed by atoms with Crippen LogP contribution in [-0.2, 0) is 16.0 Å². The average molecular weight is 373 g/mol. The summed E-state index contributed by atoms with van der Waals surface area (Å²) in [5, 5.41) is 0. The third kappa shape index (κ3) is 2.14. The van der Waals surface area contributed by atoms with Gasteiger partial charge in [-0.2, -0.15) is 0 Å². The van der Waals surface area contributed by atoms with Gasteiger partial charge in [0.2, 0.25) is 0 Å². The number of methoxy groups -OCH3 is 3. The molecule has 26 heavy (non-hydrogen) atoms. The number of carbonyl (C=O) groups excluding carboxylic acids is 1. The lowest BCUT2D eigenvalue weighted by atomic mass is 9.67. The molecule has 5 nitrogen and oxygen atoms in total. The highest BCUT2D eigenvalue weighted by atomic mass is 32.1. The Kier molecular flexibility index (Phi) is 4.18. The lowest BCUT2D eigenvalue weighted by Gasteiger charge is -2.41. The number of ether oxygens (including phenoxy) is 3. The molecule has 0 spiro atoms. The van der Waals surface area contributed by atoms with Crippen LogP contribution in [0, 0.1) is 5.41 Å². The van der Waals surface area contributed by atoms with E-state index in [0.717, 1.165) is 48.4 Å². The summed E-state index contributed by atoms with van der Waals surface area (Å²) in [6, 6.07) is 3.90. The molecule has 0 saturated carbocycles. The van der Waals surface area contributed by atoms with Crippen LogP contribution in [0.1, 0.15) is 36.4 Å². The van der Waals surface area contributed by atoms with Crippen molar-refractivity contribution >= 4 is 23.2 Å². The lowest BCUT2D eigenvalue weighted by molar-refractivity contribution is -0.153. The van der Waals surface area contributed by atoms with Crippen LogP contribution < -0.4 is 9.47 Å². The van der Waals surface area contributed by atoms with E-state index in [1.807, 2.05) is 12.1 Å². The first-order chi connectivity index (χ1) is 12.6. The second kappa shape index (κ2) is 6.27. The zero-order valence-corrected chi connectivity index (χ0v) is 16.1. The van der Waals surface area contributed by atoms with Crippen LogP contribution in [0.5, 0.6) is 11.5 Å². The Hall–Kier alpha value is -2.08. The van der Waals surface area contributed by atoms with Crippen molar-refractivity contribution in [2.45, 2.75) is 31.7 Å². The van der Waals surface area contributed by atoms with Crippen molar-refractivity contribution in [1.82, 2.24) is 4.90 Å². The predicted octanol–water partition coefficient (Wildman–Crippen LogP) is 3.21. The maximum absolute atomic E-state index is 13.1. The quantitative estimate of drug-likeness (QED) is 0.599. The first kappa shape index (κ1) is 17.3. The molecule has 0 amide bonds. The third-order valence-electron chi connectivity index (χ3n) is 5.99. The fraction of sp³-hybridized carbons (Fsp3) is 0.500. The fourth-order valence-corrected chi connectivity index (χ4v) is 5.32. The van der Waals surface area contributed by atoms with E-state index in [1.165, 1.54) is 12.7 Å². The first-order valence-electron chi connectivity index (χ1n) is 8.93. The van der Waals surface area contributed by atoms with Gasteiger partial charge >= 0.3 is 5.97 Å². The molecule has 2 atom stereocenters. The van der Waals surface area contributed by atoms with Gasteiger partial charge in [-0.3, -0.25) is 4.79 Å². The van der Waals surface area contributed by atoms with Crippen molar-refractivity contribution in [2.75, 3.05) is 27.9 Å². The van der Waals surface area contributed by atoms with Crippen molar-refractivity contribution in [2.24, 2.45) is 5.41 Å². The molecule has 1 saturated heterocycles. The van der Waals surface area contributed by atoms with Crippen LogP contribution in [-0.4, -0.2) is 43.7 Å². The molecule has 0 bridgehead atoms. The SMILES string of the molecule is COC(=O)[C@]12CCCC=C1C(=S)N1CCc3cc(OC)c(OC)cc3[C@@H]12. The molecular weight excluding hydrogens is 350 g/mol. The summed E-state index contributed by atoms with van der Waals surface area (Å²) in [4.78, 5) is 16.1. The maximum Gasteiger partial charge on any atom is 0.318 e. The highest BCUT2D eigenvalue weighted by Crippen LogP contribution is 2.59. The molecule has 0 radical (unpaired) electrons. The van der Waals surface area contributed by atoms with E-state index in [4.69, 9.17) is 26.4 Å². The Labute approximate surface area is 158 Å². The Morgan fingerprint density at radius 1 is 1.23 bits per heavy atom. The second-order valence-corrected chi connectivity index (χ2v) is 7.42. The lowest BCUT2D eigenvalue weighted by Crippen LogP contribution is -2.43. The van der Waals surface area contributed by atoms with Crippen LogP contribution in [0.2, 0.25) is 0 Å². The Balaban J connectivity index is 1.95. The number of benzene rings is 1. The van der Waals surface area contributed by atoms with Crippen molar-refractivity contribution in [1.29, 1.82) is 0 Å². The highest BCUT2D eigenvalue weighted by Gasteiger charge is 2.61. The summed E-state index contributed by atoms with van der Waals surface area (Å²) in [5.41, 5.74) is 2.52. The van der Waals surface area contributed by atoms with Crippen LogP contribution >= 0.6 is 12.2 Å². The average Bonchev–Trinajstić information content (AvgIpc) is 2.96. The zero-order valence-electron chi connectivity index (χ0n) is 15.3. The predicted molar refractivity (Wildman–Crippen MR) is 102 cm³/mol. The van der Waals surface area contributed by atoms with E-state index < -0.39 is 5.41 Å². The summed E-state index contributed by atoms with van der Waals surface area (Å²) < 4.78 is 16.3. The summed E-state index contributed by atoms with van der Waals surface area (Å²) in [7, 11) is 4.74. The highest BCUT2D eigenvalue weighted by molar-refractivity contribution is 7.80. The minimum absolute atomic E-state index is 0.141. The van der Waals surface area contributed by atoms with Crippen LogP contribution in [0.4, 0.5) is 0 Å². The van der Waals surface area contributed by atoms with E-state index in [2.05, 4.69) is 11.0 Å². The molecule has 1 aromatic rings. The van der Waals surface area contributed by atoms with Crippen LogP contribution in [0.25, 0.3) is 0 Å². The number of rotatable bonds is 3. The number of carbonyl (C=O) groups is 1. The van der Waals surface area contributed by atoms with Gasteiger partial charge in [-0.15, -0.1) is 0 Å². The molecule has 1 aromatic carbocycles. The number of thiocarbonyl (C=S) groups is 1. The van der Waals surface area contributed by atoms with Crippen LogP contribution in [0.3, 0.4) is 0 Å². The summed E-state index contributed by atoms with van der Waals surface area (Å²) in [6.07, 6.45) is 5.65. The molecule has 0 unspecified atom stereocenters. The van der Waals surface area contributed by atoms with Crippen LogP contribution in [0.15, 0.2) is 23.8 Å². The molecule has 0 aromatic heterocycles. The zero-order chi connectivity index (χ0) is 18.5. The fourth-order valence-electron chi connectivity index (χ4n) is 4.86. The monoisotopic (exact) mass is 373 g/mol. The Bertz CT molecular complexity index is 818. The molecule has 2 heterocycles. The molecule has 1 aliphatic carbocycles. The van der Waals surface area contributed by atoms with Gasteiger partial charge in [-0.1, -0.05) is 18.3 Å². The van der Waals surface area contributed by atoms with Gasteiger partial charge < -0.3 is 19.1 Å². The Morgan fingerprint density at radius 3 is 2.65 bits per heavy atom. The molecule has 1 fully saturated rings. The molecular formula is C20H23NO4S. The van der Waals surface area contributed by atoms with Gasteiger partial charge in [0.1, 0.15) is 10.4 Å². The number of fused-ring (bicyclic) bond motifs is 5. The van der Waals surface area contributed by atoms with E-state index in [9.17, 15) is 4.79 Å². The smallest absolute Gasteiger partial charge is 0.318 e. The Morgan fingerprint density at radius 2 is 1.96 bits per heavy atom. The molecule has 3 aliphatic rings. The first-order valence-corrected chi connectivity index (χ1v) is 9.34. The summed E-state index contributed by atoms with van der Waals surface area (Å²) in [5.74, 6) is 1.19. The van der Waals surface area contributed by atoms with Gasteiger partial charge in [-0.25, -0.2) is 0 Å². The largest absolute Gasteiger partial charge is 0.493 e. The van der Waals surface area contributed by atoms with Crippen molar-refractivity contribution < 1.29 is 19.0 Å². The van der Waals surface area contributed by atoms with Crippen molar-refractivity contribution in [3.05, 3.63) is 34.9 Å². The van der Waals surface area contributed by atoms with Gasteiger partial charge in [0.15, 0.2) is 11.5 Å². The van der Waals surface area contributed by atoms with E-state index in [-0.39, 0.29) is 12.0 Å². The maximum atomic E-state index is 13.1. The number of hydrogen-bond donors (Lipinski definition) is 0. The third-order valence-corrected chi connectivity index (χ3v) is 6.44. The number of esters is 1. The minimum Gasteiger partial charge on any atom is -0.493 e.